The lowest BCUT2D eigenvalue weighted by atomic mass is 10.1. The maximum atomic E-state index is 6.01. The van der Waals surface area contributed by atoms with Gasteiger partial charge in [0.05, 0.1) is 25.5 Å². The number of fused-ring (bicyclic) bond motifs is 1. The Labute approximate surface area is 153 Å². The van der Waals surface area contributed by atoms with Crippen molar-refractivity contribution in [3.05, 3.63) is 23.4 Å². The summed E-state index contributed by atoms with van der Waals surface area (Å²) in [6, 6.07) is 0. The average Bonchev–Trinajstić information content (AvgIpc) is 3.02. The van der Waals surface area contributed by atoms with Gasteiger partial charge in [-0.25, -0.2) is 14.6 Å². The molecule has 4 heterocycles. The number of ether oxygens (including phenoxy) is 1. The molecule has 9 nitrogen and oxygen atoms in total. The normalized spacial score (nSPS) is 18.6. The Balaban J connectivity index is 1.53. The van der Waals surface area contributed by atoms with Gasteiger partial charge in [-0.05, 0) is 13.3 Å². The SMILES string of the molecule is CCn1ncnc1CN1CCc2nc(N)nc(N3CCOCC3)c2CC1. The van der Waals surface area contributed by atoms with Gasteiger partial charge in [-0.15, -0.1) is 0 Å². The van der Waals surface area contributed by atoms with Crippen molar-refractivity contribution in [2.75, 3.05) is 50.0 Å². The number of anilines is 2. The van der Waals surface area contributed by atoms with Crippen LogP contribution >= 0.6 is 0 Å². The van der Waals surface area contributed by atoms with Crippen molar-refractivity contribution in [1.82, 2.24) is 29.6 Å². The molecule has 0 spiro atoms. The van der Waals surface area contributed by atoms with Crippen LogP contribution in [-0.2, 0) is 30.7 Å². The van der Waals surface area contributed by atoms with E-state index in [9.17, 15) is 0 Å². The highest BCUT2D eigenvalue weighted by Crippen LogP contribution is 2.26. The van der Waals surface area contributed by atoms with Crippen molar-refractivity contribution in [3.8, 4) is 0 Å². The summed E-state index contributed by atoms with van der Waals surface area (Å²) >= 11 is 0. The monoisotopic (exact) mass is 358 g/mol. The third kappa shape index (κ3) is 3.49. The lowest BCUT2D eigenvalue weighted by Gasteiger charge is -2.30. The Morgan fingerprint density at radius 2 is 1.92 bits per heavy atom. The lowest BCUT2D eigenvalue weighted by Crippen LogP contribution is -2.38. The molecule has 9 heteroatoms. The van der Waals surface area contributed by atoms with Crippen LogP contribution in [0.25, 0.3) is 0 Å². The number of aryl methyl sites for hydroxylation is 1. The lowest BCUT2D eigenvalue weighted by molar-refractivity contribution is 0.122. The molecule has 0 bridgehead atoms. The second-order valence-electron chi connectivity index (χ2n) is 6.70. The molecule has 1 fully saturated rings. The van der Waals surface area contributed by atoms with Gasteiger partial charge in [-0.3, -0.25) is 4.90 Å². The highest BCUT2D eigenvalue weighted by atomic mass is 16.5. The second-order valence-corrected chi connectivity index (χ2v) is 6.70. The largest absolute Gasteiger partial charge is 0.378 e. The number of hydrogen-bond donors (Lipinski definition) is 1. The molecule has 26 heavy (non-hydrogen) atoms. The van der Waals surface area contributed by atoms with Crippen LogP contribution in [0.5, 0.6) is 0 Å². The average molecular weight is 358 g/mol. The number of morpholine rings is 1. The third-order valence-electron chi connectivity index (χ3n) is 5.10. The highest BCUT2D eigenvalue weighted by Gasteiger charge is 2.24. The number of nitrogen functional groups attached to an aromatic ring is 1. The van der Waals surface area contributed by atoms with Gasteiger partial charge in [-0.1, -0.05) is 0 Å². The molecule has 0 saturated carbocycles. The van der Waals surface area contributed by atoms with Crippen LogP contribution in [0.1, 0.15) is 24.0 Å². The molecule has 4 rings (SSSR count). The van der Waals surface area contributed by atoms with E-state index in [1.807, 2.05) is 4.68 Å². The minimum absolute atomic E-state index is 0.365. The van der Waals surface area contributed by atoms with E-state index in [1.165, 1.54) is 5.56 Å². The number of hydrogen-bond acceptors (Lipinski definition) is 8. The number of rotatable bonds is 4. The Morgan fingerprint density at radius 1 is 1.12 bits per heavy atom. The molecule has 0 unspecified atom stereocenters. The second kappa shape index (κ2) is 7.55. The van der Waals surface area contributed by atoms with Gasteiger partial charge in [-0.2, -0.15) is 10.1 Å². The molecule has 2 N–H and O–H groups in total. The van der Waals surface area contributed by atoms with E-state index in [1.54, 1.807) is 6.33 Å². The maximum Gasteiger partial charge on any atom is 0.222 e. The molecule has 2 aliphatic rings. The van der Waals surface area contributed by atoms with Crippen molar-refractivity contribution in [2.45, 2.75) is 32.9 Å². The van der Waals surface area contributed by atoms with E-state index < -0.39 is 0 Å². The van der Waals surface area contributed by atoms with Gasteiger partial charge in [0.2, 0.25) is 5.95 Å². The summed E-state index contributed by atoms with van der Waals surface area (Å²) in [5.41, 5.74) is 8.33. The van der Waals surface area contributed by atoms with E-state index in [0.717, 1.165) is 82.7 Å². The molecule has 2 aromatic heterocycles. The van der Waals surface area contributed by atoms with Crippen molar-refractivity contribution in [2.24, 2.45) is 0 Å². The highest BCUT2D eigenvalue weighted by molar-refractivity contribution is 5.53. The first-order valence-corrected chi connectivity index (χ1v) is 9.31. The molecule has 1 saturated heterocycles. The summed E-state index contributed by atoms with van der Waals surface area (Å²) < 4.78 is 7.43. The molecular weight excluding hydrogens is 332 g/mol. The first-order chi connectivity index (χ1) is 12.7. The van der Waals surface area contributed by atoms with Crippen molar-refractivity contribution < 1.29 is 4.74 Å². The Morgan fingerprint density at radius 3 is 2.73 bits per heavy atom. The van der Waals surface area contributed by atoms with Gasteiger partial charge in [0.1, 0.15) is 18.0 Å². The van der Waals surface area contributed by atoms with Crippen LogP contribution in [0.3, 0.4) is 0 Å². The van der Waals surface area contributed by atoms with Gasteiger partial charge in [0.15, 0.2) is 0 Å². The smallest absolute Gasteiger partial charge is 0.222 e. The van der Waals surface area contributed by atoms with E-state index in [0.29, 0.717) is 5.95 Å². The molecule has 2 aromatic rings. The summed E-state index contributed by atoms with van der Waals surface area (Å²) in [7, 11) is 0. The van der Waals surface area contributed by atoms with Gasteiger partial charge in [0, 0.05) is 44.7 Å². The van der Waals surface area contributed by atoms with Crippen LogP contribution in [0.2, 0.25) is 0 Å². The third-order valence-corrected chi connectivity index (χ3v) is 5.10. The van der Waals surface area contributed by atoms with Crippen LogP contribution in [0, 0.1) is 0 Å². The number of aromatic nitrogens is 5. The van der Waals surface area contributed by atoms with E-state index in [2.05, 4.69) is 36.8 Å². The summed E-state index contributed by atoms with van der Waals surface area (Å²) in [4.78, 5) is 18.2. The van der Waals surface area contributed by atoms with Crippen molar-refractivity contribution in [3.63, 3.8) is 0 Å². The molecule has 140 valence electrons. The molecule has 2 aliphatic heterocycles. The van der Waals surface area contributed by atoms with E-state index >= 15 is 0 Å². The summed E-state index contributed by atoms with van der Waals surface area (Å²) in [5, 5.41) is 4.27. The predicted molar refractivity (Wildman–Crippen MR) is 97.9 cm³/mol. The van der Waals surface area contributed by atoms with E-state index in [-0.39, 0.29) is 0 Å². The maximum absolute atomic E-state index is 6.01. The Hall–Kier alpha value is -2.26. The first kappa shape index (κ1) is 17.2. The summed E-state index contributed by atoms with van der Waals surface area (Å²) in [6.07, 6.45) is 3.43. The Kier molecular flexibility index (Phi) is 4.98. The minimum Gasteiger partial charge on any atom is -0.378 e. The molecule has 0 aliphatic carbocycles. The summed E-state index contributed by atoms with van der Waals surface area (Å²) in [6.45, 7) is 8.79. The minimum atomic E-state index is 0.365. The fourth-order valence-electron chi connectivity index (χ4n) is 3.71. The fraction of sp³-hybridized carbons (Fsp3) is 0.647. The van der Waals surface area contributed by atoms with Gasteiger partial charge in [0.25, 0.3) is 0 Å². The van der Waals surface area contributed by atoms with Crippen molar-refractivity contribution >= 4 is 11.8 Å². The standard InChI is InChI=1S/C17H26N8O/c1-2-25-15(19-12-20-25)11-23-5-3-13-14(4-6-23)21-17(18)22-16(13)24-7-9-26-10-8-24/h12H,2-11H2,1H3,(H2,18,21,22). The topological polar surface area (TPSA) is 98.2 Å². The van der Waals surface area contributed by atoms with Crippen LogP contribution in [0.15, 0.2) is 6.33 Å². The zero-order valence-corrected chi connectivity index (χ0v) is 15.3. The van der Waals surface area contributed by atoms with Crippen molar-refractivity contribution in [1.29, 1.82) is 0 Å². The zero-order chi connectivity index (χ0) is 17.9. The number of nitrogens with two attached hydrogens (primary N) is 1. The fourth-order valence-corrected chi connectivity index (χ4v) is 3.71. The Bertz CT molecular complexity index is 755. The molecule has 0 radical (unpaired) electrons. The van der Waals surface area contributed by atoms with Gasteiger partial charge < -0.3 is 15.4 Å². The first-order valence-electron chi connectivity index (χ1n) is 9.31. The van der Waals surface area contributed by atoms with E-state index in [4.69, 9.17) is 10.5 Å². The van der Waals surface area contributed by atoms with Gasteiger partial charge >= 0.3 is 0 Å². The zero-order valence-electron chi connectivity index (χ0n) is 15.3. The molecule has 0 amide bonds. The summed E-state index contributed by atoms with van der Waals surface area (Å²) in [5.74, 6) is 2.37. The predicted octanol–water partition coefficient (Wildman–Crippen LogP) is 0.108. The molecule has 0 atom stereocenters. The van der Waals surface area contributed by atoms with Crippen LogP contribution < -0.4 is 10.6 Å². The molecular formula is C17H26N8O. The van der Waals surface area contributed by atoms with Crippen LogP contribution in [0.4, 0.5) is 11.8 Å². The quantitative estimate of drug-likeness (QED) is 0.822. The number of nitrogens with zero attached hydrogens (tertiary/aromatic N) is 7. The molecule has 0 aromatic carbocycles. The van der Waals surface area contributed by atoms with Crippen LogP contribution in [-0.4, -0.2) is 69.0 Å².